The summed E-state index contributed by atoms with van der Waals surface area (Å²) in [5.41, 5.74) is 9.53. The number of aliphatic imine (C=N–C) groups is 1. The van der Waals surface area contributed by atoms with E-state index in [0.29, 0.717) is 29.9 Å². The third-order valence-corrected chi connectivity index (χ3v) is 6.75. The van der Waals surface area contributed by atoms with Gasteiger partial charge >= 0.3 is 12.3 Å². The number of nitrogens with two attached hydrogens (primary N) is 1. The van der Waals surface area contributed by atoms with Gasteiger partial charge in [0.2, 0.25) is 0 Å². The number of nitrogens with zero attached hydrogens (tertiary/aromatic N) is 5. The number of amides is 1. The number of hydrogen-bond acceptors (Lipinski definition) is 7. The number of hydrogen-bond donors (Lipinski definition) is 1. The van der Waals surface area contributed by atoms with Gasteiger partial charge in [0.05, 0.1) is 24.4 Å². The maximum atomic E-state index is 12.5. The fraction of sp³-hybridized carbons (Fsp3) is 0.433. The molecule has 1 aliphatic rings. The van der Waals surface area contributed by atoms with E-state index in [2.05, 4.69) is 9.97 Å². The Hall–Kier alpha value is -4.22. The molecule has 1 saturated heterocycles. The van der Waals surface area contributed by atoms with Crippen LogP contribution in [0.5, 0.6) is 0 Å². The van der Waals surface area contributed by atoms with Gasteiger partial charge in [-0.05, 0) is 62.9 Å². The number of alkyl halides is 3. The Balaban J connectivity index is 1.41. The molecule has 2 N–H and O–H groups in total. The Kier molecular flexibility index (Phi) is 9.33. The first-order chi connectivity index (χ1) is 19.8. The standard InChI is InChI=1S/C30H35F3N6O3/c1-29(2,3)42-28(41)38-9-6-24(7-10-38)36-18-23(15-34)21-5-11-39-26(19-37-27(39)14-21)22-12-20(16-35-17-22)13-25(40)4-8-30(31,32)33/h5,11-12,14-19,24H,4,6-10,13,34H2,1-3H3. The fourth-order valence-electron chi connectivity index (χ4n) is 4.62. The molecule has 0 unspecified atom stereocenters. The van der Waals surface area contributed by atoms with E-state index in [1.54, 1.807) is 29.6 Å². The van der Waals surface area contributed by atoms with E-state index in [-0.39, 0.29) is 18.6 Å². The van der Waals surface area contributed by atoms with Crippen LogP contribution in [-0.2, 0) is 16.0 Å². The monoisotopic (exact) mass is 584 g/mol. The molecule has 1 aliphatic heterocycles. The molecule has 3 aromatic rings. The summed E-state index contributed by atoms with van der Waals surface area (Å²) >= 11 is 0. The van der Waals surface area contributed by atoms with Gasteiger partial charge in [0.25, 0.3) is 0 Å². The summed E-state index contributed by atoms with van der Waals surface area (Å²) in [5.74, 6) is -0.495. The van der Waals surface area contributed by atoms with Gasteiger partial charge < -0.3 is 15.4 Å². The number of likely N-dealkylation sites (tertiary alicyclic amines) is 1. The predicted molar refractivity (Wildman–Crippen MR) is 154 cm³/mol. The third-order valence-electron chi connectivity index (χ3n) is 6.75. The molecule has 0 bridgehead atoms. The van der Waals surface area contributed by atoms with Crippen molar-refractivity contribution in [2.24, 2.45) is 10.7 Å². The maximum Gasteiger partial charge on any atom is 0.410 e. The molecule has 42 heavy (non-hydrogen) atoms. The summed E-state index contributed by atoms with van der Waals surface area (Å²) in [6, 6.07) is 5.55. The van der Waals surface area contributed by atoms with Crippen LogP contribution in [0.15, 0.2) is 54.2 Å². The molecule has 0 spiro atoms. The number of halogens is 3. The van der Waals surface area contributed by atoms with E-state index in [1.807, 2.05) is 43.5 Å². The highest BCUT2D eigenvalue weighted by atomic mass is 19.4. The molecular formula is C30H35F3N6O3. The van der Waals surface area contributed by atoms with Crippen molar-refractivity contribution in [1.29, 1.82) is 0 Å². The Labute approximate surface area is 242 Å². The summed E-state index contributed by atoms with van der Waals surface area (Å²) < 4.78 is 44.7. The van der Waals surface area contributed by atoms with Gasteiger partial charge in [0, 0.05) is 68.1 Å². The summed E-state index contributed by atoms with van der Waals surface area (Å²) in [6.07, 6.45) is 4.79. The van der Waals surface area contributed by atoms with Crippen molar-refractivity contribution >= 4 is 29.3 Å². The first kappa shape index (κ1) is 30.7. The minimum Gasteiger partial charge on any atom is -0.444 e. The predicted octanol–water partition coefficient (Wildman–Crippen LogP) is 5.62. The van der Waals surface area contributed by atoms with Crippen molar-refractivity contribution < 1.29 is 27.5 Å². The van der Waals surface area contributed by atoms with Gasteiger partial charge in [-0.25, -0.2) is 9.78 Å². The quantitative estimate of drug-likeness (QED) is 0.344. The Bertz CT molecular complexity index is 1480. The molecule has 3 aromatic heterocycles. The van der Waals surface area contributed by atoms with Gasteiger partial charge in [-0.1, -0.05) is 0 Å². The second kappa shape index (κ2) is 12.7. The molecule has 1 amide bonds. The van der Waals surface area contributed by atoms with E-state index in [0.717, 1.165) is 29.7 Å². The summed E-state index contributed by atoms with van der Waals surface area (Å²) in [5, 5.41) is 0. The molecule has 0 radical (unpaired) electrons. The van der Waals surface area contributed by atoms with Crippen LogP contribution in [0.4, 0.5) is 18.0 Å². The minimum atomic E-state index is -4.36. The second-order valence-electron chi connectivity index (χ2n) is 11.3. The smallest absolute Gasteiger partial charge is 0.410 e. The molecule has 0 saturated carbocycles. The van der Waals surface area contributed by atoms with Crippen molar-refractivity contribution in [3.8, 4) is 11.3 Å². The zero-order valence-corrected chi connectivity index (χ0v) is 23.9. The lowest BCUT2D eigenvalue weighted by molar-refractivity contribution is -0.143. The molecule has 9 nitrogen and oxygen atoms in total. The van der Waals surface area contributed by atoms with E-state index in [9.17, 15) is 22.8 Å². The van der Waals surface area contributed by atoms with Crippen LogP contribution in [-0.4, -0.2) is 68.3 Å². The highest BCUT2D eigenvalue weighted by Gasteiger charge is 2.28. The maximum absolute atomic E-state index is 12.5. The van der Waals surface area contributed by atoms with Crippen LogP contribution >= 0.6 is 0 Å². The summed E-state index contributed by atoms with van der Waals surface area (Å²) in [4.78, 5) is 39.5. The molecule has 12 heteroatoms. The molecular weight excluding hydrogens is 549 g/mol. The largest absolute Gasteiger partial charge is 0.444 e. The van der Waals surface area contributed by atoms with Gasteiger partial charge in [-0.15, -0.1) is 0 Å². The number of imidazole rings is 1. The van der Waals surface area contributed by atoms with Crippen molar-refractivity contribution in [3.05, 3.63) is 60.3 Å². The topological polar surface area (TPSA) is 115 Å². The SMILES string of the molecule is CC(C)(C)OC(=O)N1CCC(N=CC(=CN)c2ccn3c(-c4cncc(CC(=O)CCC(F)(F)F)c4)cnc3c2)CC1. The second-order valence-corrected chi connectivity index (χ2v) is 11.3. The highest BCUT2D eigenvalue weighted by Crippen LogP contribution is 2.25. The van der Waals surface area contributed by atoms with Crippen LogP contribution in [0.2, 0.25) is 0 Å². The number of piperidine rings is 1. The first-order valence-corrected chi connectivity index (χ1v) is 13.7. The number of carbonyl (C=O) groups excluding carboxylic acids is 2. The van der Waals surface area contributed by atoms with Crippen molar-refractivity contribution in [2.75, 3.05) is 13.1 Å². The highest BCUT2D eigenvalue weighted by molar-refractivity contribution is 6.10. The zero-order chi connectivity index (χ0) is 30.5. The average molecular weight is 585 g/mol. The lowest BCUT2D eigenvalue weighted by atomic mass is 10.0. The summed E-state index contributed by atoms with van der Waals surface area (Å²) in [6.45, 7) is 6.67. The zero-order valence-electron chi connectivity index (χ0n) is 23.9. The third kappa shape index (κ3) is 8.40. The minimum absolute atomic E-state index is 0.0560. The number of allylic oxidation sites excluding steroid dienone is 1. The lowest BCUT2D eigenvalue weighted by Crippen LogP contribution is -2.42. The number of carbonyl (C=O) groups is 2. The number of aromatic nitrogens is 3. The lowest BCUT2D eigenvalue weighted by Gasteiger charge is -2.32. The number of fused-ring (bicyclic) bond motifs is 1. The average Bonchev–Trinajstić information content (AvgIpc) is 3.35. The van der Waals surface area contributed by atoms with E-state index >= 15 is 0 Å². The normalized spacial score (nSPS) is 15.5. The molecule has 1 fully saturated rings. The molecule has 224 valence electrons. The van der Waals surface area contributed by atoms with E-state index in [1.165, 1.54) is 12.4 Å². The van der Waals surface area contributed by atoms with Gasteiger partial charge in [0.15, 0.2) is 0 Å². The number of ether oxygens (including phenoxy) is 1. The Morgan fingerprint density at radius 3 is 2.55 bits per heavy atom. The van der Waals surface area contributed by atoms with Gasteiger partial charge in [-0.2, -0.15) is 13.2 Å². The van der Waals surface area contributed by atoms with Crippen LogP contribution in [0.1, 0.15) is 57.6 Å². The first-order valence-electron chi connectivity index (χ1n) is 13.7. The van der Waals surface area contributed by atoms with Gasteiger partial charge in [-0.3, -0.25) is 19.2 Å². The van der Waals surface area contributed by atoms with Crippen LogP contribution in [0, 0.1) is 0 Å². The number of ketones is 1. The van der Waals surface area contributed by atoms with Crippen molar-refractivity contribution in [1.82, 2.24) is 19.3 Å². The summed E-state index contributed by atoms with van der Waals surface area (Å²) in [7, 11) is 0. The fourth-order valence-corrected chi connectivity index (χ4v) is 4.62. The van der Waals surface area contributed by atoms with Crippen LogP contribution < -0.4 is 5.73 Å². The van der Waals surface area contributed by atoms with E-state index < -0.39 is 30.4 Å². The molecule has 0 aromatic carbocycles. The number of Topliss-reactive ketones (excluding diaryl/α,β-unsaturated/α-hetero) is 1. The van der Waals surface area contributed by atoms with E-state index in [4.69, 9.17) is 15.5 Å². The number of pyridine rings is 2. The molecule has 0 atom stereocenters. The Morgan fingerprint density at radius 2 is 1.88 bits per heavy atom. The molecule has 4 heterocycles. The van der Waals surface area contributed by atoms with Crippen LogP contribution in [0.3, 0.4) is 0 Å². The Morgan fingerprint density at radius 1 is 1.14 bits per heavy atom. The van der Waals surface area contributed by atoms with Crippen LogP contribution in [0.25, 0.3) is 22.5 Å². The van der Waals surface area contributed by atoms with Crippen molar-refractivity contribution in [3.63, 3.8) is 0 Å². The number of rotatable bonds is 8. The van der Waals surface area contributed by atoms with Gasteiger partial charge in [0.1, 0.15) is 17.0 Å². The molecule has 0 aliphatic carbocycles. The molecule has 4 rings (SSSR count). The van der Waals surface area contributed by atoms with Crippen molar-refractivity contribution in [2.45, 2.75) is 70.7 Å².